The van der Waals surface area contributed by atoms with Gasteiger partial charge in [-0.05, 0) is 81.5 Å². The van der Waals surface area contributed by atoms with E-state index in [0.717, 1.165) is 44.0 Å². The molecule has 0 heterocycles. The van der Waals surface area contributed by atoms with Crippen LogP contribution in [-0.2, 0) is 6.42 Å². The second-order valence-corrected chi connectivity index (χ2v) is 10.5. The Kier molecular flexibility index (Phi) is 9.20. The highest BCUT2D eigenvalue weighted by atomic mass is 35.5. The molecular weight excluding hydrogens is 394 g/mol. The largest absolute Gasteiger partial charge is 0.351 e. The summed E-state index contributed by atoms with van der Waals surface area (Å²) in [5, 5.41) is 7.16. The number of halogens is 1. The lowest BCUT2D eigenvalue weighted by atomic mass is 9.62. The smallest absolute Gasteiger partial charge is 0.252 e. The normalized spacial score (nSPS) is 23.5. The summed E-state index contributed by atoms with van der Waals surface area (Å²) in [6.45, 7) is 6.54. The highest BCUT2D eigenvalue weighted by Gasteiger charge is 2.39. The first-order valence-corrected chi connectivity index (χ1v) is 11.7. The number of nitrogens with two attached hydrogens (primary N) is 1. The van der Waals surface area contributed by atoms with Gasteiger partial charge in [0.25, 0.3) is 5.91 Å². The minimum atomic E-state index is -0.193. The lowest BCUT2D eigenvalue weighted by Gasteiger charge is -2.45. The predicted octanol–water partition coefficient (Wildman–Crippen LogP) is 5.33. The van der Waals surface area contributed by atoms with Crippen molar-refractivity contribution < 1.29 is 4.79 Å². The van der Waals surface area contributed by atoms with Crippen LogP contribution >= 0.6 is 11.6 Å². The van der Waals surface area contributed by atoms with Crippen LogP contribution in [0, 0.1) is 11.3 Å². The molecule has 0 saturated heterocycles. The van der Waals surface area contributed by atoms with Crippen LogP contribution in [-0.4, -0.2) is 31.1 Å². The second-order valence-electron chi connectivity index (χ2n) is 10.1. The summed E-state index contributed by atoms with van der Waals surface area (Å²) in [5.74, 6) is 0.849. The molecule has 4 nitrogen and oxygen atoms in total. The zero-order valence-corrected chi connectivity index (χ0v) is 18.9. The maximum absolute atomic E-state index is 12.9. The molecule has 0 radical (unpaired) electrons. The van der Waals surface area contributed by atoms with Crippen molar-refractivity contribution in [2.24, 2.45) is 17.1 Å². The monoisotopic (exact) mass is 435 g/mol. The summed E-state index contributed by atoms with van der Waals surface area (Å²) < 4.78 is 0. The van der Waals surface area contributed by atoms with Gasteiger partial charge in [0, 0.05) is 18.6 Å². The number of fused-ring (bicyclic) bond motifs is 2. The van der Waals surface area contributed by atoms with E-state index in [9.17, 15) is 4.79 Å². The minimum Gasteiger partial charge on any atom is -0.351 e. The van der Waals surface area contributed by atoms with Gasteiger partial charge in [0.1, 0.15) is 0 Å². The Balaban J connectivity index is 0.00000320. The van der Waals surface area contributed by atoms with E-state index in [1.807, 2.05) is 32.0 Å². The molecule has 1 amide bonds. The average Bonchev–Trinajstić information content (AvgIpc) is 2.66. The fourth-order valence-electron chi connectivity index (χ4n) is 5.16. The Labute approximate surface area is 188 Å². The predicted molar refractivity (Wildman–Crippen MR) is 128 cm³/mol. The molecule has 30 heavy (non-hydrogen) atoms. The summed E-state index contributed by atoms with van der Waals surface area (Å²) in [7, 11) is 0. The van der Waals surface area contributed by atoms with Crippen molar-refractivity contribution >= 4 is 17.5 Å². The Hall–Kier alpha value is -1.10. The first kappa shape index (κ1) is 25.2. The van der Waals surface area contributed by atoms with Crippen LogP contribution in [0.25, 0.3) is 0 Å². The van der Waals surface area contributed by atoms with E-state index in [1.54, 1.807) is 0 Å². The van der Waals surface area contributed by atoms with Gasteiger partial charge in [-0.3, -0.25) is 4.79 Å². The van der Waals surface area contributed by atoms with Crippen LogP contribution in [0.1, 0.15) is 88.6 Å². The molecule has 1 aromatic carbocycles. The van der Waals surface area contributed by atoms with Gasteiger partial charge in [-0.2, -0.15) is 0 Å². The molecule has 2 aliphatic rings. The second kappa shape index (κ2) is 11.0. The van der Waals surface area contributed by atoms with Crippen molar-refractivity contribution in [1.29, 1.82) is 0 Å². The molecule has 2 fully saturated rings. The van der Waals surface area contributed by atoms with E-state index in [0.29, 0.717) is 16.0 Å². The minimum absolute atomic E-state index is 0. The SMILES string of the molecule is C.CC(C)(N)CNCCCc1ccc(Cl)c(C(=O)NCC23CCCC(CCC2)C3)c1. The van der Waals surface area contributed by atoms with Gasteiger partial charge in [0.05, 0.1) is 10.6 Å². The molecule has 5 heteroatoms. The number of benzene rings is 1. The van der Waals surface area contributed by atoms with E-state index >= 15 is 0 Å². The molecule has 0 aromatic heterocycles. The van der Waals surface area contributed by atoms with Crippen LogP contribution in [0.4, 0.5) is 0 Å². The zero-order valence-electron chi connectivity index (χ0n) is 18.2. The standard InChI is InChI=1S/C24H38ClN3O.CH4/c1-23(2,26)16-27-13-5-8-18-9-10-21(25)20(14-18)22(29)28-17-24-11-3-6-19(15-24)7-4-12-24;/h9-10,14,19,27H,3-8,11-13,15-17,26H2,1-2H3,(H,28,29);1H4. The molecule has 2 aliphatic carbocycles. The quantitative estimate of drug-likeness (QED) is 0.459. The van der Waals surface area contributed by atoms with Gasteiger partial charge in [-0.1, -0.05) is 50.8 Å². The number of aryl methyl sites for hydroxylation is 1. The third kappa shape index (κ3) is 7.25. The van der Waals surface area contributed by atoms with Crippen molar-refractivity contribution in [1.82, 2.24) is 10.6 Å². The number of nitrogens with one attached hydrogen (secondary N) is 2. The Morgan fingerprint density at radius 1 is 1.27 bits per heavy atom. The van der Waals surface area contributed by atoms with Crippen molar-refractivity contribution in [2.75, 3.05) is 19.6 Å². The summed E-state index contributed by atoms with van der Waals surface area (Å²) in [6, 6.07) is 5.85. The van der Waals surface area contributed by atoms with Crippen molar-refractivity contribution in [3.8, 4) is 0 Å². The average molecular weight is 436 g/mol. The van der Waals surface area contributed by atoms with Gasteiger partial charge >= 0.3 is 0 Å². The summed E-state index contributed by atoms with van der Waals surface area (Å²) >= 11 is 6.36. The molecule has 1 aromatic rings. The van der Waals surface area contributed by atoms with Crippen LogP contribution < -0.4 is 16.4 Å². The summed E-state index contributed by atoms with van der Waals surface area (Å²) in [4.78, 5) is 12.9. The van der Waals surface area contributed by atoms with Crippen LogP contribution in [0.2, 0.25) is 5.02 Å². The van der Waals surface area contributed by atoms with Crippen molar-refractivity contribution in [3.05, 3.63) is 34.3 Å². The van der Waals surface area contributed by atoms with Crippen LogP contribution in [0.15, 0.2) is 18.2 Å². The van der Waals surface area contributed by atoms with Gasteiger partial charge in [-0.25, -0.2) is 0 Å². The van der Waals surface area contributed by atoms with E-state index in [1.165, 1.54) is 44.9 Å². The molecule has 0 aliphatic heterocycles. The molecule has 2 bridgehead atoms. The molecule has 0 atom stereocenters. The van der Waals surface area contributed by atoms with Crippen LogP contribution in [0.3, 0.4) is 0 Å². The Morgan fingerprint density at radius 2 is 1.97 bits per heavy atom. The van der Waals surface area contributed by atoms with E-state index in [-0.39, 0.29) is 18.9 Å². The lowest BCUT2D eigenvalue weighted by Crippen LogP contribution is -2.43. The van der Waals surface area contributed by atoms with Gasteiger partial charge in [-0.15, -0.1) is 0 Å². The number of hydrogen-bond acceptors (Lipinski definition) is 3. The van der Waals surface area contributed by atoms with Crippen molar-refractivity contribution in [3.63, 3.8) is 0 Å². The first-order chi connectivity index (χ1) is 13.8. The fraction of sp³-hybridized carbons (Fsp3) is 0.720. The van der Waals surface area contributed by atoms with E-state index < -0.39 is 0 Å². The molecule has 0 spiro atoms. The maximum Gasteiger partial charge on any atom is 0.252 e. The van der Waals surface area contributed by atoms with E-state index in [4.69, 9.17) is 17.3 Å². The third-order valence-electron chi connectivity index (χ3n) is 6.66. The highest BCUT2D eigenvalue weighted by molar-refractivity contribution is 6.33. The first-order valence-electron chi connectivity index (χ1n) is 11.3. The summed E-state index contributed by atoms with van der Waals surface area (Å²) in [6.07, 6.45) is 11.1. The van der Waals surface area contributed by atoms with Gasteiger partial charge in [0.15, 0.2) is 0 Å². The molecular formula is C25H42ClN3O. The zero-order chi connectivity index (χ0) is 20.9. The molecule has 2 saturated carbocycles. The van der Waals surface area contributed by atoms with Gasteiger partial charge < -0.3 is 16.4 Å². The number of rotatable bonds is 9. The van der Waals surface area contributed by atoms with Crippen LogP contribution in [0.5, 0.6) is 0 Å². The number of carbonyl (C=O) groups excluding carboxylic acids is 1. The lowest BCUT2D eigenvalue weighted by molar-refractivity contribution is 0.0681. The maximum atomic E-state index is 12.9. The number of amides is 1. The number of hydrogen-bond donors (Lipinski definition) is 3. The summed E-state index contributed by atoms with van der Waals surface area (Å²) in [5.41, 5.74) is 7.89. The van der Waals surface area contributed by atoms with Gasteiger partial charge in [0.2, 0.25) is 0 Å². The molecule has 0 unspecified atom stereocenters. The number of carbonyl (C=O) groups is 1. The Morgan fingerprint density at radius 3 is 2.63 bits per heavy atom. The molecule has 3 rings (SSSR count). The molecule has 170 valence electrons. The highest BCUT2D eigenvalue weighted by Crippen LogP contribution is 2.48. The van der Waals surface area contributed by atoms with Crippen molar-refractivity contribution in [2.45, 2.75) is 84.6 Å². The van der Waals surface area contributed by atoms with E-state index in [2.05, 4.69) is 10.6 Å². The topological polar surface area (TPSA) is 67.1 Å². The Bertz CT molecular complexity index is 688. The molecule has 4 N–H and O–H groups in total. The fourth-order valence-corrected chi connectivity index (χ4v) is 5.37. The third-order valence-corrected chi connectivity index (χ3v) is 6.99.